The highest BCUT2D eigenvalue weighted by Gasteiger charge is 2.31. The summed E-state index contributed by atoms with van der Waals surface area (Å²) >= 11 is 0. The quantitative estimate of drug-likeness (QED) is 0.837. The van der Waals surface area contributed by atoms with E-state index in [2.05, 4.69) is 10.4 Å². The Morgan fingerprint density at radius 1 is 1.29 bits per heavy atom. The summed E-state index contributed by atoms with van der Waals surface area (Å²) < 4.78 is 39.5. The molecule has 0 atom stereocenters. The van der Waals surface area contributed by atoms with Crippen LogP contribution >= 0.6 is 0 Å². The van der Waals surface area contributed by atoms with Crippen molar-refractivity contribution in [2.75, 3.05) is 11.1 Å². The molecule has 0 saturated heterocycles. The first kappa shape index (κ1) is 14.9. The van der Waals surface area contributed by atoms with Gasteiger partial charge in [-0.05, 0) is 31.2 Å². The molecule has 3 N–H and O–H groups in total. The lowest BCUT2D eigenvalue weighted by atomic mass is 10.1. The standard InChI is InChI=1S/C13H13F3N4O/c1-7-3-11(19-20(7)2)12(21)18-10-5-8(13(14,15)16)4-9(17)6-10/h3-6H,17H2,1-2H3,(H,18,21). The molecule has 2 aromatic rings. The highest BCUT2D eigenvalue weighted by molar-refractivity contribution is 6.03. The van der Waals surface area contributed by atoms with E-state index in [0.717, 1.165) is 17.8 Å². The van der Waals surface area contributed by atoms with Crippen molar-refractivity contribution in [1.82, 2.24) is 9.78 Å². The number of carbonyl (C=O) groups is 1. The van der Waals surface area contributed by atoms with Crippen LogP contribution in [-0.4, -0.2) is 15.7 Å². The molecule has 1 amide bonds. The van der Waals surface area contributed by atoms with Crippen molar-refractivity contribution < 1.29 is 18.0 Å². The first-order valence-corrected chi connectivity index (χ1v) is 5.96. The number of benzene rings is 1. The van der Waals surface area contributed by atoms with E-state index < -0.39 is 17.6 Å². The molecule has 0 aliphatic carbocycles. The lowest BCUT2D eigenvalue weighted by molar-refractivity contribution is -0.137. The van der Waals surface area contributed by atoms with Crippen LogP contribution in [0.4, 0.5) is 24.5 Å². The number of hydrogen-bond acceptors (Lipinski definition) is 3. The highest BCUT2D eigenvalue weighted by atomic mass is 19.4. The number of hydrogen-bond donors (Lipinski definition) is 2. The highest BCUT2D eigenvalue weighted by Crippen LogP contribution is 2.32. The van der Waals surface area contributed by atoms with Crippen LogP contribution in [-0.2, 0) is 13.2 Å². The summed E-state index contributed by atoms with van der Waals surface area (Å²) in [5, 5.41) is 6.31. The number of nitrogens with zero attached hydrogens (tertiary/aromatic N) is 2. The van der Waals surface area contributed by atoms with E-state index in [1.54, 1.807) is 14.0 Å². The molecule has 1 heterocycles. The Balaban J connectivity index is 2.27. The Morgan fingerprint density at radius 3 is 2.48 bits per heavy atom. The fourth-order valence-electron chi connectivity index (χ4n) is 1.75. The van der Waals surface area contributed by atoms with Gasteiger partial charge in [0.2, 0.25) is 0 Å². The zero-order valence-electron chi connectivity index (χ0n) is 11.3. The van der Waals surface area contributed by atoms with Crippen LogP contribution in [0.25, 0.3) is 0 Å². The summed E-state index contributed by atoms with van der Waals surface area (Å²) in [5.74, 6) is -0.600. The van der Waals surface area contributed by atoms with Gasteiger partial charge in [-0.15, -0.1) is 0 Å². The average molecular weight is 298 g/mol. The molecule has 1 aromatic heterocycles. The number of amides is 1. The summed E-state index contributed by atoms with van der Waals surface area (Å²) in [6, 6.07) is 4.42. The largest absolute Gasteiger partial charge is 0.416 e. The Hall–Kier alpha value is -2.51. The molecule has 21 heavy (non-hydrogen) atoms. The number of nitrogens with two attached hydrogens (primary N) is 1. The van der Waals surface area contributed by atoms with Gasteiger partial charge in [0.1, 0.15) is 0 Å². The van der Waals surface area contributed by atoms with Crippen molar-refractivity contribution in [3.05, 3.63) is 41.2 Å². The fraction of sp³-hybridized carbons (Fsp3) is 0.231. The summed E-state index contributed by atoms with van der Waals surface area (Å²) in [6.07, 6.45) is -4.53. The molecule has 0 aliphatic rings. The molecule has 0 bridgehead atoms. The predicted molar refractivity (Wildman–Crippen MR) is 71.8 cm³/mol. The van der Waals surface area contributed by atoms with E-state index in [0.29, 0.717) is 0 Å². The number of alkyl halides is 3. The van der Waals surface area contributed by atoms with Gasteiger partial charge in [-0.1, -0.05) is 0 Å². The van der Waals surface area contributed by atoms with Gasteiger partial charge in [0, 0.05) is 24.1 Å². The SMILES string of the molecule is Cc1cc(C(=O)Nc2cc(N)cc(C(F)(F)F)c2)nn1C. The maximum Gasteiger partial charge on any atom is 0.416 e. The van der Waals surface area contributed by atoms with Crippen molar-refractivity contribution in [3.63, 3.8) is 0 Å². The van der Waals surface area contributed by atoms with Crippen molar-refractivity contribution >= 4 is 17.3 Å². The Bertz CT molecular complexity index is 672. The molecule has 0 fully saturated rings. The third-order valence-corrected chi connectivity index (χ3v) is 2.89. The zero-order valence-corrected chi connectivity index (χ0v) is 11.3. The summed E-state index contributed by atoms with van der Waals surface area (Å²) in [5.41, 5.74) is 5.26. The zero-order chi connectivity index (χ0) is 15.8. The topological polar surface area (TPSA) is 72.9 Å². The maximum atomic E-state index is 12.7. The second kappa shape index (κ2) is 5.12. The molecule has 8 heteroatoms. The minimum absolute atomic E-state index is 0.0318. The Morgan fingerprint density at radius 2 is 1.95 bits per heavy atom. The summed E-state index contributed by atoms with van der Waals surface area (Å²) in [4.78, 5) is 11.9. The summed E-state index contributed by atoms with van der Waals surface area (Å²) in [6.45, 7) is 1.76. The number of halogens is 3. The molecule has 0 radical (unpaired) electrons. The van der Waals surface area contributed by atoms with Gasteiger partial charge < -0.3 is 11.1 Å². The number of anilines is 2. The van der Waals surface area contributed by atoms with Crippen molar-refractivity contribution in [3.8, 4) is 0 Å². The van der Waals surface area contributed by atoms with Gasteiger partial charge in [0.15, 0.2) is 5.69 Å². The van der Waals surface area contributed by atoms with E-state index in [-0.39, 0.29) is 17.1 Å². The van der Waals surface area contributed by atoms with E-state index >= 15 is 0 Å². The fourth-order valence-corrected chi connectivity index (χ4v) is 1.75. The van der Waals surface area contributed by atoms with Gasteiger partial charge >= 0.3 is 6.18 Å². The minimum atomic E-state index is -4.53. The van der Waals surface area contributed by atoms with Gasteiger partial charge in [-0.25, -0.2) is 0 Å². The van der Waals surface area contributed by atoms with Gasteiger partial charge in [-0.2, -0.15) is 18.3 Å². The molecule has 112 valence electrons. The lowest BCUT2D eigenvalue weighted by Gasteiger charge is -2.11. The molecule has 1 aromatic carbocycles. The molecule has 0 aliphatic heterocycles. The van der Waals surface area contributed by atoms with E-state index in [4.69, 9.17) is 5.73 Å². The molecule has 5 nitrogen and oxygen atoms in total. The van der Waals surface area contributed by atoms with Crippen LogP contribution in [0.5, 0.6) is 0 Å². The van der Waals surface area contributed by atoms with Crippen LogP contribution in [0, 0.1) is 6.92 Å². The second-order valence-electron chi connectivity index (χ2n) is 4.59. The molecule has 2 rings (SSSR count). The lowest BCUT2D eigenvalue weighted by Crippen LogP contribution is -2.14. The van der Waals surface area contributed by atoms with Crippen LogP contribution in [0.1, 0.15) is 21.7 Å². The Labute approximate surface area is 118 Å². The number of aromatic nitrogens is 2. The van der Waals surface area contributed by atoms with Gasteiger partial charge in [0.25, 0.3) is 5.91 Å². The molecular weight excluding hydrogens is 285 g/mol. The van der Waals surface area contributed by atoms with Crippen molar-refractivity contribution in [2.24, 2.45) is 7.05 Å². The molecule has 0 unspecified atom stereocenters. The van der Waals surface area contributed by atoms with Crippen molar-refractivity contribution in [1.29, 1.82) is 0 Å². The van der Waals surface area contributed by atoms with Crippen LogP contribution in [0.15, 0.2) is 24.3 Å². The van der Waals surface area contributed by atoms with E-state index in [1.165, 1.54) is 16.8 Å². The number of rotatable bonds is 2. The normalized spacial score (nSPS) is 11.5. The van der Waals surface area contributed by atoms with Crippen LogP contribution in [0.3, 0.4) is 0 Å². The van der Waals surface area contributed by atoms with Gasteiger partial charge in [0.05, 0.1) is 5.56 Å². The van der Waals surface area contributed by atoms with E-state index in [9.17, 15) is 18.0 Å². The first-order chi connectivity index (χ1) is 9.66. The van der Waals surface area contributed by atoms with Crippen LogP contribution < -0.4 is 11.1 Å². The number of aryl methyl sites for hydroxylation is 2. The van der Waals surface area contributed by atoms with E-state index in [1.807, 2.05) is 0 Å². The monoisotopic (exact) mass is 298 g/mol. The summed E-state index contributed by atoms with van der Waals surface area (Å²) in [7, 11) is 1.66. The third kappa shape index (κ3) is 3.33. The maximum absolute atomic E-state index is 12.7. The number of nitrogen functional groups attached to an aromatic ring is 1. The number of nitrogens with one attached hydrogen (secondary N) is 1. The minimum Gasteiger partial charge on any atom is -0.399 e. The van der Waals surface area contributed by atoms with Crippen LogP contribution in [0.2, 0.25) is 0 Å². The van der Waals surface area contributed by atoms with Crippen molar-refractivity contribution in [2.45, 2.75) is 13.1 Å². The molecule has 0 saturated carbocycles. The molecular formula is C13H13F3N4O. The smallest absolute Gasteiger partial charge is 0.399 e. The predicted octanol–water partition coefficient (Wildman–Crippen LogP) is 2.58. The first-order valence-electron chi connectivity index (χ1n) is 5.96. The second-order valence-corrected chi connectivity index (χ2v) is 4.59. The number of carbonyl (C=O) groups excluding carboxylic acids is 1. The average Bonchev–Trinajstić information content (AvgIpc) is 2.68. The molecule has 0 spiro atoms. The Kier molecular flexibility index (Phi) is 3.63. The third-order valence-electron chi connectivity index (χ3n) is 2.89. The van der Waals surface area contributed by atoms with Gasteiger partial charge in [-0.3, -0.25) is 9.48 Å².